The van der Waals surface area contributed by atoms with Crippen LogP contribution in [0, 0.1) is 16.2 Å². The largest absolute Gasteiger partial charge is 0.341 e. The van der Waals surface area contributed by atoms with Crippen molar-refractivity contribution < 1.29 is 14.4 Å². The van der Waals surface area contributed by atoms with Crippen molar-refractivity contribution in [1.82, 2.24) is 15.5 Å². The van der Waals surface area contributed by atoms with Crippen molar-refractivity contribution in [3.63, 3.8) is 0 Å². The maximum absolute atomic E-state index is 12.8. The lowest BCUT2D eigenvalue weighted by Crippen LogP contribution is -2.58. The first kappa shape index (κ1) is 26.4. The molecule has 1 aliphatic heterocycles. The number of piperidine rings is 1. The minimum Gasteiger partial charge on any atom is -0.341 e. The summed E-state index contributed by atoms with van der Waals surface area (Å²) in [6.45, 7) is 17.9. The van der Waals surface area contributed by atoms with Crippen molar-refractivity contribution in [3.8, 4) is 0 Å². The van der Waals surface area contributed by atoms with Gasteiger partial charge in [-0.2, -0.15) is 0 Å². The van der Waals surface area contributed by atoms with Crippen LogP contribution in [-0.2, 0) is 9.59 Å². The van der Waals surface area contributed by atoms with Crippen LogP contribution in [0.1, 0.15) is 93.9 Å². The van der Waals surface area contributed by atoms with Gasteiger partial charge in [-0.3, -0.25) is 4.79 Å². The highest BCUT2D eigenvalue weighted by molar-refractivity contribution is 5.79. The lowest BCUT2D eigenvalue weighted by atomic mass is 9.76. The monoisotopic (exact) mass is 423 g/mol. The molecular formula is C24H45N3O3. The second-order valence-corrected chi connectivity index (χ2v) is 11.2. The molecule has 30 heavy (non-hydrogen) atoms. The van der Waals surface area contributed by atoms with Gasteiger partial charge >= 0.3 is 6.03 Å². The van der Waals surface area contributed by atoms with Gasteiger partial charge in [0.05, 0.1) is 12.1 Å². The summed E-state index contributed by atoms with van der Waals surface area (Å²) in [5, 5.41) is 5.97. The molecule has 3 amide bonds. The van der Waals surface area contributed by atoms with E-state index in [1.54, 1.807) is 0 Å². The molecule has 0 bridgehead atoms. The predicted octanol–water partition coefficient (Wildman–Crippen LogP) is 4.52. The number of rotatable bonds is 10. The van der Waals surface area contributed by atoms with Crippen LogP contribution in [0.2, 0.25) is 0 Å². The van der Waals surface area contributed by atoms with Crippen LogP contribution in [0.5, 0.6) is 0 Å². The number of hydrogen-bond donors (Lipinski definition) is 2. The second kappa shape index (κ2) is 10.6. The van der Waals surface area contributed by atoms with Gasteiger partial charge in [0.15, 0.2) is 0 Å². The van der Waals surface area contributed by atoms with E-state index in [4.69, 9.17) is 0 Å². The van der Waals surface area contributed by atoms with Crippen molar-refractivity contribution in [2.75, 3.05) is 13.1 Å². The zero-order chi connectivity index (χ0) is 23.2. The summed E-state index contributed by atoms with van der Waals surface area (Å²) >= 11 is 0. The molecule has 0 spiro atoms. The predicted molar refractivity (Wildman–Crippen MR) is 122 cm³/mol. The normalized spacial score (nSPS) is 20.8. The third-order valence-corrected chi connectivity index (χ3v) is 6.88. The standard InChI is InChI=1S/C24H45N3O3/c1-9-11-12-24(8,10-2)19(17-28)26-21(30)25-18(22(3,4)5)16-27-14-13-23(6,7)15-20(27)29/h17-19H,9-16H2,1-8H3,(H2,25,26,30). The molecule has 3 unspecified atom stereocenters. The van der Waals surface area contributed by atoms with Gasteiger partial charge in [-0.05, 0) is 35.5 Å². The highest BCUT2D eigenvalue weighted by Crippen LogP contribution is 2.33. The molecule has 3 atom stereocenters. The number of hydrogen-bond acceptors (Lipinski definition) is 3. The molecule has 174 valence electrons. The Balaban J connectivity index is 2.84. The first-order valence-electron chi connectivity index (χ1n) is 11.6. The van der Waals surface area contributed by atoms with Gasteiger partial charge in [0.2, 0.25) is 5.91 Å². The molecule has 0 aromatic heterocycles. The Labute approximate surface area is 183 Å². The molecule has 0 aromatic carbocycles. The molecule has 0 aromatic rings. The molecule has 6 heteroatoms. The Morgan fingerprint density at radius 2 is 1.83 bits per heavy atom. The van der Waals surface area contributed by atoms with Gasteiger partial charge in [0.25, 0.3) is 0 Å². The maximum Gasteiger partial charge on any atom is 0.315 e. The fourth-order valence-corrected chi connectivity index (χ4v) is 3.97. The number of unbranched alkanes of at least 4 members (excludes halogenated alkanes) is 1. The fourth-order valence-electron chi connectivity index (χ4n) is 3.97. The lowest BCUT2D eigenvalue weighted by molar-refractivity contribution is -0.137. The smallest absolute Gasteiger partial charge is 0.315 e. The van der Waals surface area contributed by atoms with E-state index in [1.165, 1.54) is 0 Å². The molecule has 2 N–H and O–H groups in total. The summed E-state index contributed by atoms with van der Waals surface area (Å²) in [6, 6.07) is -1.08. The molecule has 0 radical (unpaired) electrons. The zero-order valence-electron chi connectivity index (χ0n) is 20.6. The molecule has 1 fully saturated rings. The Kier molecular flexibility index (Phi) is 9.37. The quantitative estimate of drug-likeness (QED) is 0.507. The van der Waals surface area contributed by atoms with E-state index < -0.39 is 6.04 Å². The van der Waals surface area contributed by atoms with Crippen molar-refractivity contribution in [3.05, 3.63) is 0 Å². The minimum atomic E-state index is -0.535. The van der Waals surface area contributed by atoms with Crippen molar-refractivity contribution in [1.29, 1.82) is 0 Å². The molecule has 1 heterocycles. The Morgan fingerprint density at radius 1 is 1.20 bits per heavy atom. The van der Waals surface area contributed by atoms with E-state index in [-0.39, 0.29) is 34.2 Å². The number of amides is 3. The minimum absolute atomic E-state index is 0.0376. The van der Waals surface area contributed by atoms with Gasteiger partial charge in [-0.25, -0.2) is 4.79 Å². The number of carbonyl (C=O) groups is 3. The average molecular weight is 424 g/mol. The SMILES string of the molecule is CCCCC(C)(CC)C(C=O)NC(=O)NC(CN1CCC(C)(C)CC1=O)C(C)(C)C. The van der Waals surface area contributed by atoms with Crippen LogP contribution >= 0.6 is 0 Å². The van der Waals surface area contributed by atoms with Crippen LogP contribution in [0.3, 0.4) is 0 Å². The first-order valence-corrected chi connectivity index (χ1v) is 11.6. The lowest BCUT2D eigenvalue weighted by Gasteiger charge is -2.41. The summed E-state index contributed by atoms with van der Waals surface area (Å²) in [4.78, 5) is 39.1. The average Bonchev–Trinajstić information content (AvgIpc) is 2.64. The molecule has 1 rings (SSSR count). The first-order chi connectivity index (χ1) is 13.8. The highest BCUT2D eigenvalue weighted by Gasteiger charge is 2.37. The number of likely N-dealkylation sites (tertiary alicyclic amines) is 1. The van der Waals surface area contributed by atoms with Gasteiger partial charge in [-0.15, -0.1) is 0 Å². The Hall–Kier alpha value is -1.59. The van der Waals surface area contributed by atoms with Crippen LogP contribution in [0.4, 0.5) is 4.79 Å². The Bertz CT molecular complexity index is 597. The fraction of sp³-hybridized carbons (Fsp3) is 0.875. The van der Waals surface area contributed by atoms with E-state index in [0.29, 0.717) is 19.5 Å². The van der Waals surface area contributed by atoms with Crippen molar-refractivity contribution in [2.45, 2.75) is 106 Å². The van der Waals surface area contributed by atoms with Gasteiger partial charge in [0.1, 0.15) is 6.29 Å². The third-order valence-electron chi connectivity index (χ3n) is 6.88. The van der Waals surface area contributed by atoms with E-state index in [1.807, 2.05) is 4.90 Å². The Morgan fingerprint density at radius 3 is 2.30 bits per heavy atom. The summed E-state index contributed by atoms with van der Waals surface area (Å²) < 4.78 is 0. The molecule has 0 saturated carbocycles. The number of aldehydes is 1. The van der Waals surface area contributed by atoms with Crippen molar-refractivity contribution >= 4 is 18.2 Å². The van der Waals surface area contributed by atoms with E-state index >= 15 is 0 Å². The van der Waals surface area contributed by atoms with Gasteiger partial charge in [-0.1, -0.05) is 68.2 Å². The second-order valence-electron chi connectivity index (χ2n) is 11.2. The molecule has 0 aliphatic carbocycles. The number of carbonyl (C=O) groups excluding carboxylic acids is 3. The van der Waals surface area contributed by atoms with E-state index in [9.17, 15) is 14.4 Å². The molecule has 1 aliphatic rings. The maximum atomic E-state index is 12.8. The van der Waals surface area contributed by atoms with Crippen molar-refractivity contribution in [2.24, 2.45) is 16.2 Å². The summed E-state index contributed by atoms with van der Waals surface area (Å²) in [6.07, 6.45) is 6.15. The van der Waals surface area contributed by atoms with Crippen LogP contribution < -0.4 is 10.6 Å². The van der Waals surface area contributed by atoms with Crippen LogP contribution in [0.25, 0.3) is 0 Å². The van der Waals surface area contributed by atoms with Crippen LogP contribution in [-0.4, -0.2) is 48.3 Å². The number of urea groups is 1. The summed E-state index contributed by atoms with van der Waals surface area (Å²) in [7, 11) is 0. The molecular weight excluding hydrogens is 378 g/mol. The summed E-state index contributed by atoms with van der Waals surface area (Å²) in [5.41, 5.74) is -0.450. The highest BCUT2D eigenvalue weighted by atomic mass is 16.2. The summed E-state index contributed by atoms with van der Waals surface area (Å²) in [5.74, 6) is 0.145. The molecule has 6 nitrogen and oxygen atoms in total. The van der Waals surface area contributed by atoms with E-state index in [0.717, 1.165) is 38.4 Å². The third kappa shape index (κ3) is 7.59. The zero-order valence-corrected chi connectivity index (χ0v) is 20.6. The van der Waals surface area contributed by atoms with E-state index in [2.05, 4.69) is 66.0 Å². The van der Waals surface area contributed by atoms with Crippen LogP contribution in [0.15, 0.2) is 0 Å². The topological polar surface area (TPSA) is 78.5 Å². The number of nitrogens with one attached hydrogen (secondary N) is 2. The molecule has 1 saturated heterocycles. The van der Waals surface area contributed by atoms with Gasteiger partial charge in [0, 0.05) is 19.5 Å². The number of nitrogens with zero attached hydrogens (tertiary/aromatic N) is 1. The van der Waals surface area contributed by atoms with Gasteiger partial charge < -0.3 is 20.3 Å².